The molecule has 0 bridgehead atoms. The molecule has 1 N–H and O–H groups in total. The van der Waals surface area contributed by atoms with E-state index in [0.29, 0.717) is 12.1 Å². The Morgan fingerprint density at radius 2 is 2.16 bits per heavy atom. The van der Waals surface area contributed by atoms with Gasteiger partial charge in [0.15, 0.2) is 0 Å². The summed E-state index contributed by atoms with van der Waals surface area (Å²) in [6.07, 6.45) is 1.36. The quantitative estimate of drug-likeness (QED) is 0.881. The van der Waals surface area contributed by atoms with Crippen molar-refractivity contribution in [3.8, 4) is 5.75 Å². The lowest BCUT2D eigenvalue weighted by Crippen LogP contribution is -2.62. The van der Waals surface area contributed by atoms with Crippen molar-refractivity contribution in [1.29, 1.82) is 0 Å². The molecule has 104 valence electrons. The van der Waals surface area contributed by atoms with Gasteiger partial charge in [0.1, 0.15) is 11.9 Å². The number of nitrogens with zero attached hydrogens (tertiary/aromatic N) is 1. The van der Waals surface area contributed by atoms with Crippen molar-refractivity contribution in [2.75, 3.05) is 19.6 Å². The number of para-hydroxylation sites is 1. The van der Waals surface area contributed by atoms with Crippen LogP contribution in [0.15, 0.2) is 24.3 Å². The Balaban J connectivity index is 1.64. The Bertz CT molecular complexity index is 433. The van der Waals surface area contributed by atoms with Crippen molar-refractivity contribution >= 4 is 0 Å². The Labute approximate surface area is 115 Å². The summed E-state index contributed by atoms with van der Waals surface area (Å²) >= 11 is 0. The first kappa shape index (κ1) is 12.9. The SMILES string of the molecule is CC1CNC(C)(C)CN1CC1Cc2ccccc2O1. The lowest BCUT2D eigenvalue weighted by molar-refractivity contribution is 0.0652. The summed E-state index contributed by atoms with van der Waals surface area (Å²) in [5, 5.41) is 3.60. The van der Waals surface area contributed by atoms with Crippen molar-refractivity contribution in [2.24, 2.45) is 0 Å². The van der Waals surface area contributed by atoms with Gasteiger partial charge in [-0.25, -0.2) is 0 Å². The van der Waals surface area contributed by atoms with E-state index in [9.17, 15) is 0 Å². The molecule has 1 aromatic carbocycles. The Kier molecular flexibility index (Phi) is 3.27. The highest BCUT2D eigenvalue weighted by atomic mass is 16.5. The van der Waals surface area contributed by atoms with Crippen LogP contribution in [0.25, 0.3) is 0 Å². The van der Waals surface area contributed by atoms with Crippen LogP contribution in [0.2, 0.25) is 0 Å². The van der Waals surface area contributed by atoms with Crippen LogP contribution in [0, 0.1) is 0 Å². The second kappa shape index (κ2) is 4.80. The van der Waals surface area contributed by atoms with Crippen molar-refractivity contribution < 1.29 is 4.74 Å². The summed E-state index contributed by atoms with van der Waals surface area (Å²) in [5.74, 6) is 1.08. The lowest BCUT2D eigenvalue weighted by atomic mass is 9.98. The summed E-state index contributed by atoms with van der Waals surface area (Å²) < 4.78 is 6.06. The second-order valence-electron chi connectivity index (χ2n) is 6.59. The Morgan fingerprint density at radius 3 is 2.95 bits per heavy atom. The molecule has 2 unspecified atom stereocenters. The lowest BCUT2D eigenvalue weighted by Gasteiger charge is -2.44. The molecule has 2 aliphatic rings. The maximum atomic E-state index is 6.06. The average Bonchev–Trinajstić information content (AvgIpc) is 2.76. The maximum absolute atomic E-state index is 6.06. The number of nitrogens with one attached hydrogen (secondary N) is 1. The predicted molar refractivity (Wildman–Crippen MR) is 77.7 cm³/mol. The largest absolute Gasteiger partial charge is 0.488 e. The number of hydrogen-bond acceptors (Lipinski definition) is 3. The fourth-order valence-corrected chi connectivity index (χ4v) is 3.13. The number of benzene rings is 1. The molecule has 0 saturated carbocycles. The van der Waals surface area contributed by atoms with Crippen LogP contribution in [0.4, 0.5) is 0 Å². The van der Waals surface area contributed by atoms with Crippen LogP contribution in [0.3, 0.4) is 0 Å². The summed E-state index contributed by atoms with van der Waals surface area (Å²) in [7, 11) is 0. The molecule has 3 rings (SSSR count). The highest BCUT2D eigenvalue weighted by molar-refractivity contribution is 5.37. The van der Waals surface area contributed by atoms with Crippen molar-refractivity contribution in [1.82, 2.24) is 10.2 Å². The van der Waals surface area contributed by atoms with Gasteiger partial charge in [0.2, 0.25) is 0 Å². The average molecular weight is 260 g/mol. The first-order chi connectivity index (χ1) is 9.03. The fourth-order valence-electron chi connectivity index (χ4n) is 3.13. The Hall–Kier alpha value is -1.06. The molecule has 1 saturated heterocycles. The highest BCUT2D eigenvalue weighted by Crippen LogP contribution is 2.29. The highest BCUT2D eigenvalue weighted by Gasteiger charge is 2.33. The smallest absolute Gasteiger partial charge is 0.123 e. The summed E-state index contributed by atoms with van der Waals surface area (Å²) in [6.45, 7) is 10.0. The van der Waals surface area contributed by atoms with Crippen molar-refractivity contribution in [3.05, 3.63) is 29.8 Å². The number of piperazine rings is 1. The second-order valence-corrected chi connectivity index (χ2v) is 6.59. The van der Waals surface area contributed by atoms with Crippen molar-refractivity contribution in [3.63, 3.8) is 0 Å². The Morgan fingerprint density at radius 1 is 1.37 bits per heavy atom. The number of rotatable bonds is 2. The monoisotopic (exact) mass is 260 g/mol. The van der Waals surface area contributed by atoms with E-state index in [1.807, 2.05) is 0 Å². The van der Waals surface area contributed by atoms with Gasteiger partial charge >= 0.3 is 0 Å². The van der Waals surface area contributed by atoms with Gasteiger partial charge in [-0.15, -0.1) is 0 Å². The minimum Gasteiger partial charge on any atom is -0.488 e. The van der Waals surface area contributed by atoms with Gasteiger partial charge in [-0.3, -0.25) is 4.90 Å². The molecule has 0 radical (unpaired) electrons. The molecular weight excluding hydrogens is 236 g/mol. The number of fused-ring (bicyclic) bond motifs is 1. The zero-order valence-corrected chi connectivity index (χ0v) is 12.1. The fraction of sp³-hybridized carbons (Fsp3) is 0.625. The van der Waals surface area contributed by atoms with E-state index in [-0.39, 0.29) is 5.54 Å². The maximum Gasteiger partial charge on any atom is 0.123 e. The standard InChI is InChI=1S/C16H24N2O/c1-12-9-17-16(2,3)11-18(12)10-14-8-13-6-4-5-7-15(13)19-14/h4-7,12,14,17H,8-11H2,1-3H3. The van der Waals surface area contributed by atoms with E-state index in [0.717, 1.165) is 31.8 Å². The molecule has 3 heteroatoms. The zero-order chi connectivity index (χ0) is 13.5. The molecule has 0 amide bonds. The third-order valence-corrected chi connectivity index (χ3v) is 4.25. The minimum atomic E-state index is 0.206. The zero-order valence-electron chi connectivity index (χ0n) is 12.1. The molecule has 2 heterocycles. The van der Waals surface area contributed by atoms with Gasteiger partial charge in [-0.1, -0.05) is 18.2 Å². The topological polar surface area (TPSA) is 24.5 Å². The normalized spacial score (nSPS) is 29.8. The molecule has 2 aliphatic heterocycles. The van der Waals surface area contributed by atoms with E-state index in [2.05, 4.69) is 55.3 Å². The van der Waals surface area contributed by atoms with Crippen LogP contribution in [0.1, 0.15) is 26.3 Å². The van der Waals surface area contributed by atoms with E-state index in [1.165, 1.54) is 5.56 Å². The first-order valence-electron chi connectivity index (χ1n) is 7.27. The van der Waals surface area contributed by atoms with Gasteiger partial charge < -0.3 is 10.1 Å². The molecule has 2 atom stereocenters. The van der Waals surface area contributed by atoms with Gasteiger partial charge in [0, 0.05) is 37.6 Å². The molecule has 0 aliphatic carbocycles. The number of hydrogen-bond donors (Lipinski definition) is 1. The van der Waals surface area contributed by atoms with Gasteiger partial charge in [-0.05, 0) is 32.4 Å². The molecule has 1 aromatic rings. The third-order valence-electron chi connectivity index (χ3n) is 4.25. The summed E-state index contributed by atoms with van der Waals surface area (Å²) in [6, 6.07) is 9.00. The van der Waals surface area contributed by atoms with Gasteiger partial charge in [-0.2, -0.15) is 0 Å². The van der Waals surface area contributed by atoms with Crippen LogP contribution >= 0.6 is 0 Å². The molecule has 19 heavy (non-hydrogen) atoms. The molecule has 0 aromatic heterocycles. The molecule has 1 fully saturated rings. The van der Waals surface area contributed by atoms with Crippen LogP contribution < -0.4 is 10.1 Å². The molecule has 3 nitrogen and oxygen atoms in total. The predicted octanol–water partition coefficient (Wildman–Crippen LogP) is 2.06. The van der Waals surface area contributed by atoms with E-state index in [4.69, 9.17) is 4.74 Å². The van der Waals surface area contributed by atoms with Crippen LogP contribution in [0.5, 0.6) is 5.75 Å². The minimum absolute atomic E-state index is 0.206. The van der Waals surface area contributed by atoms with Gasteiger partial charge in [0.25, 0.3) is 0 Å². The van der Waals surface area contributed by atoms with E-state index < -0.39 is 0 Å². The summed E-state index contributed by atoms with van der Waals surface area (Å²) in [4.78, 5) is 2.56. The third kappa shape index (κ3) is 2.77. The number of ether oxygens (including phenoxy) is 1. The van der Waals surface area contributed by atoms with E-state index in [1.54, 1.807) is 0 Å². The van der Waals surface area contributed by atoms with Gasteiger partial charge in [0.05, 0.1) is 0 Å². The molecule has 0 spiro atoms. The van der Waals surface area contributed by atoms with Crippen molar-refractivity contribution in [2.45, 2.75) is 44.9 Å². The van der Waals surface area contributed by atoms with Crippen LogP contribution in [-0.4, -0.2) is 42.2 Å². The first-order valence-corrected chi connectivity index (χ1v) is 7.27. The summed E-state index contributed by atoms with van der Waals surface area (Å²) in [5.41, 5.74) is 1.56. The van der Waals surface area contributed by atoms with Crippen LogP contribution in [-0.2, 0) is 6.42 Å². The van der Waals surface area contributed by atoms with E-state index >= 15 is 0 Å². The molecular formula is C16H24N2O.